The number of hydrogen-bond donors (Lipinski definition) is 1. The van der Waals surface area contributed by atoms with Crippen LogP contribution in [0.3, 0.4) is 0 Å². The van der Waals surface area contributed by atoms with E-state index in [1.165, 1.54) is 4.90 Å². The number of aromatic hydroxyl groups is 1. The quantitative estimate of drug-likeness (QED) is 0.837. The number of amides is 1. The molecule has 0 spiro atoms. The smallest absolute Gasteiger partial charge is 0.260 e. The highest BCUT2D eigenvalue weighted by molar-refractivity contribution is 5.97. The highest BCUT2D eigenvalue weighted by atomic mass is 19.1. The Balaban J connectivity index is 2.28. The van der Waals surface area contributed by atoms with Gasteiger partial charge < -0.3 is 10.0 Å². The van der Waals surface area contributed by atoms with E-state index in [0.29, 0.717) is 25.1 Å². The van der Waals surface area contributed by atoms with Crippen LogP contribution in [0, 0.1) is 17.6 Å². The summed E-state index contributed by atoms with van der Waals surface area (Å²) < 4.78 is 26.4. The van der Waals surface area contributed by atoms with Crippen molar-refractivity contribution in [1.82, 2.24) is 4.90 Å². The van der Waals surface area contributed by atoms with E-state index in [9.17, 15) is 18.7 Å². The average molecular weight is 255 g/mol. The minimum absolute atomic E-state index is 0.355. The molecule has 0 bridgehead atoms. The molecule has 5 heteroatoms. The van der Waals surface area contributed by atoms with Crippen LogP contribution in [0.15, 0.2) is 12.1 Å². The Kier molecular flexibility index (Phi) is 3.50. The SMILES string of the molecule is CC1CCCN(C(=O)c2c(O)cc(F)cc2F)C1. The first-order chi connectivity index (χ1) is 8.49. The van der Waals surface area contributed by atoms with E-state index in [-0.39, 0.29) is 0 Å². The normalized spacial score (nSPS) is 19.9. The fraction of sp³-hybridized carbons (Fsp3) is 0.462. The molecule has 1 heterocycles. The Labute approximate surface area is 104 Å². The Morgan fingerprint density at radius 3 is 2.78 bits per heavy atom. The molecule has 1 fully saturated rings. The van der Waals surface area contributed by atoms with Gasteiger partial charge in [0.25, 0.3) is 5.91 Å². The van der Waals surface area contributed by atoms with E-state index in [2.05, 4.69) is 0 Å². The van der Waals surface area contributed by atoms with Crippen molar-refractivity contribution in [2.24, 2.45) is 5.92 Å². The molecule has 0 saturated carbocycles. The Morgan fingerprint density at radius 2 is 2.17 bits per heavy atom. The molecule has 3 nitrogen and oxygen atoms in total. The zero-order valence-corrected chi connectivity index (χ0v) is 10.1. The number of phenolic OH excluding ortho intramolecular Hbond substituents is 1. The van der Waals surface area contributed by atoms with Gasteiger partial charge in [-0.1, -0.05) is 6.92 Å². The fourth-order valence-electron chi connectivity index (χ4n) is 2.30. The first kappa shape index (κ1) is 12.8. The van der Waals surface area contributed by atoms with Crippen LogP contribution in [0.2, 0.25) is 0 Å². The first-order valence-electron chi connectivity index (χ1n) is 5.96. The molecule has 0 radical (unpaired) electrons. The van der Waals surface area contributed by atoms with Crippen molar-refractivity contribution in [1.29, 1.82) is 0 Å². The summed E-state index contributed by atoms with van der Waals surface area (Å²) in [7, 11) is 0. The summed E-state index contributed by atoms with van der Waals surface area (Å²) in [6.07, 6.45) is 1.89. The molecule has 1 aliphatic rings. The van der Waals surface area contributed by atoms with Crippen molar-refractivity contribution in [2.45, 2.75) is 19.8 Å². The molecule has 1 unspecified atom stereocenters. The molecular weight excluding hydrogens is 240 g/mol. The number of phenols is 1. The lowest BCUT2D eigenvalue weighted by Crippen LogP contribution is -2.39. The number of halogens is 2. The highest BCUT2D eigenvalue weighted by Gasteiger charge is 2.26. The van der Waals surface area contributed by atoms with Gasteiger partial charge in [-0.15, -0.1) is 0 Å². The summed E-state index contributed by atoms with van der Waals surface area (Å²) >= 11 is 0. The van der Waals surface area contributed by atoms with E-state index < -0.39 is 28.9 Å². The van der Waals surface area contributed by atoms with Gasteiger partial charge in [0, 0.05) is 25.2 Å². The van der Waals surface area contributed by atoms with E-state index in [0.717, 1.165) is 18.9 Å². The first-order valence-corrected chi connectivity index (χ1v) is 5.96. The van der Waals surface area contributed by atoms with Gasteiger partial charge in [-0.05, 0) is 18.8 Å². The van der Waals surface area contributed by atoms with Crippen molar-refractivity contribution in [3.05, 3.63) is 29.3 Å². The lowest BCUT2D eigenvalue weighted by molar-refractivity contribution is 0.0675. The van der Waals surface area contributed by atoms with Crippen LogP contribution in [0.5, 0.6) is 5.75 Å². The van der Waals surface area contributed by atoms with E-state index in [4.69, 9.17) is 0 Å². The third-order valence-electron chi connectivity index (χ3n) is 3.19. The lowest BCUT2D eigenvalue weighted by atomic mass is 9.99. The summed E-state index contributed by atoms with van der Waals surface area (Å²) in [5.41, 5.74) is -0.439. The van der Waals surface area contributed by atoms with Crippen LogP contribution < -0.4 is 0 Å². The number of rotatable bonds is 1. The monoisotopic (exact) mass is 255 g/mol. The molecule has 0 aliphatic carbocycles. The lowest BCUT2D eigenvalue weighted by Gasteiger charge is -2.31. The van der Waals surface area contributed by atoms with Crippen molar-refractivity contribution < 1.29 is 18.7 Å². The predicted molar refractivity (Wildman–Crippen MR) is 62.3 cm³/mol. The van der Waals surface area contributed by atoms with Gasteiger partial charge in [-0.2, -0.15) is 0 Å². The van der Waals surface area contributed by atoms with Gasteiger partial charge in [0.1, 0.15) is 22.9 Å². The molecular formula is C13H15F2NO2. The molecule has 1 aromatic rings. The van der Waals surface area contributed by atoms with Crippen LogP contribution in [-0.2, 0) is 0 Å². The van der Waals surface area contributed by atoms with Gasteiger partial charge in [-0.3, -0.25) is 4.79 Å². The molecule has 1 amide bonds. The molecule has 1 aliphatic heterocycles. The Morgan fingerprint density at radius 1 is 1.44 bits per heavy atom. The fourth-order valence-corrected chi connectivity index (χ4v) is 2.30. The third kappa shape index (κ3) is 2.44. The molecule has 1 aromatic carbocycles. The van der Waals surface area contributed by atoms with E-state index >= 15 is 0 Å². The minimum Gasteiger partial charge on any atom is -0.507 e. The number of benzene rings is 1. The maximum absolute atomic E-state index is 13.6. The van der Waals surface area contributed by atoms with Crippen LogP contribution in [-0.4, -0.2) is 29.0 Å². The van der Waals surface area contributed by atoms with Crippen molar-refractivity contribution in [2.75, 3.05) is 13.1 Å². The number of piperidine rings is 1. The number of likely N-dealkylation sites (tertiary alicyclic amines) is 1. The van der Waals surface area contributed by atoms with Crippen molar-refractivity contribution >= 4 is 5.91 Å². The number of nitrogens with zero attached hydrogens (tertiary/aromatic N) is 1. The van der Waals surface area contributed by atoms with Crippen molar-refractivity contribution in [3.63, 3.8) is 0 Å². The predicted octanol–water partition coefficient (Wildman–Crippen LogP) is 2.54. The van der Waals surface area contributed by atoms with Gasteiger partial charge >= 0.3 is 0 Å². The number of carbonyl (C=O) groups excluding carboxylic acids is 1. The Hall–Kier alpha value is -1.65. The zero-order chi connectivity index (χ0) is 13.3. The van der Waals surface area contributed by atoms with Crippen molar-refractivity contribution in [3.8, 4) is 5.75 Å². The van der Waals surface area contributed by atoms with E-state index in [1.54, 1.807) is 0 Å². The second kappa shape index (κ2) is 4.92. The van der Waals surface area contributed by atoms with Gasteiger partial charge in [-0.25, -0.2) is 8.78 Å². The molecule has 1 atom stereocenters. The molecule has 0 aromatic heterocycles. The van der Waals surface area contributed by atoms with Crippen LogP contribution in [0.4, 0.5) is 8.78 Å². The van der Waals surface area contributed by atoms with Gasteiger partial charge in [0.15, 0.2) is 0 Å². The molecule has 1 saturated heterocycles. The number of hydrogen-bond acceptors (Lipinski definition) is 2. The molecule has 1 N–H and O–H groups in total. The largest absolute Gasteiger partial charge is 0.507 e. The summed E-state index contributed by atoms with van der Waals surface area (Å²) in [6.45, 7) is 3.09. The second-order valence-electron chi connectivity index (χ2n) is 4.78. The summed E-state index contributed by atoms with van der Waals surface area (Å²) in [4.78, 5) is 13.6. The van der Waals surface area contributed by atoms with Crippen LogP contribution >= 0.6 is 0 Å². The molecule has 18 heavy (non-hydrogen) atoms. The molecule has 2 rings (SSSR count). The third-order valence-corrected chi connectivity index (χ3v) is 3.19. The summed E-state index contributed by atoms with van der Waals surface area (Å²) in [5.74, 6) is -2.77. The number of carbonyl (C=O) groups is 1. The van der Waals surface area contributed by atoms with Crippen LogP contribution in [0.1, 0.15) is 30.1 Å². The minimum atomic E-state index is -1.02. The average Bonchev–Trinajstić information content (AvgIpc) is 2.27. The van der Waals surface area contributed by atoms with Gasteiger partial charge in [0.2, 0.25) is 0 Å². The van der Waals surface area contributed by atoms with E-state index in [1.807, 2.05) is 6.92 Å². The maximum atomic E-state index is 13.6. The second-order valence-corrected chi connectivity index (χ2v) is 4.78. The van der Waals surface area contributed by atoms with Gasteiger partial charge in [0.05, 0.1) is 0 Å². The zero-order valence-electron chi connectivity index (χ0n) is 10.1. The Bertz CT molecular complexity index is 453. The standard InChI is InChI=1S/C13H15F2NO2/c1-8-3-2-4-16(7-8)13(18)12-10(15)5-9(14)6-11(12)17/h5-6,8,17H,2-4,7H2,1H3. The summed E-state index contributed by atoms with van der Waals surface area (Å²) in [6, 6.07) is 1.37. The summed E-state index contributed by atoms with van der Waals surface area (Å²) in [5, 5.41) is 9.51. The van der Waals surface area contributed by atoms with Crippen LogP contribution in [0.25, 0.3) is 0 Å². The highest BCUT2D eigenvalue weighted by Crippen LogP contribution is 2.26. The maximum Gasteiger partial charge on any atom is 0.260 e. The molecule has 98 valence electrons. The topological polar surface area (TPSA) is 40.5 Å².